The summed E-state index contributed by atoms with van der Waals surface area (Å²) in [7, 11) is 0. The number of carbonyl (C=O) groups excluding carboxylic acids is 1. The van der Waals surface area contributed by atoms with Gasteiger partial charge in [0, 0.05) is 17.9 Å². The third-order valence-corrected chi connectivity index (χ3v) is 4.37. The minimum atomic E-state index is 0.307. The monoisotopic (exact) mass is 282 g/mol. The van der Waals surface area contributed by atoms with E-state index in [0.717, 1.165) is 30.6 Å². The predicted molar refractivity (Wildman–Crippen MR) is 82.0 cm³/mol. The molecule has 19 heavy (non-hydrogen) atoms. The molecular weight excluding hydrogens is 256 g/mol. The summed E-state index contributed by atoms with van der Waals surface area (Å²) in [6.07, 6.45) is 9.95. The second-order valence-corrected chi connectivity index (χ2v) is 6.42. The van der Waals surface area contributed by atoms with Crippen molar-refractivity contribution >= 4 is 17.1 Å². The number of Topliss-reactive ketones (excluding diaryl/α,β-unsaturated/α-hetero) is 1. The molecular formula is C16H26O2S. The molecule has 0 amide bonds. The molecule has 0 unspecified atom stereocenters. The van der Waals surface area contributed by atoms with Crippen LogP contribution in [0.15, 0.2) is 12.1 Å². The number of unbranched alkanes of at least 4 members (excludes halogenated alkanes) is 7. The number of hydrogen-bond donors (Lipinski definition) is 1. The van der Waals surface area contributed by atoms with E-state index in [1.165, 1.54) is 30.6 Å². The summed E-state index contributed by atoms with van der Waals surface area (Å²) in [5, 5.41) is 8.66. The molecule has 0 aromatic carbocycles. The Balaban J connectivity index is 1.95. The molecule has 3 heteroatoms. The number of carbonyl (C=O) groups is 1. The van der Waals surface area contributed by atoms with E-state index < -0.39 is 0 Å². The van der Waals surface area contributed by atoms with E-state index in [2.05, 4.69) is 0 Å². The van der Waals surface area contributed by atoms with E-state index in [4.69, 9.17) is 5.11 Å². The van der Waals surface area contributed by atoms with E-state index in [9.17, 15) is 4.79 Å². The minimum absolute atomic E-state index is 0.307. The van der Waals surface area contributed by atoms with Crippen molar-refractivity contribution in [3.05, 3.63) is 21.9 Å². The molecule has 0 aliphatic heterocycles. The van der Waals surface area contributed by atoms with Gasteiger partial charge in [-0.25, -0.2) is 0 Å². The van der Waals surface area contributed by atoms with Gasteiger partial charge in [0.25, 0.3) is 0 Å². The molecule has 1 aromatic heterocycles. The average Bonchev–Trinajstić information content (AvgIpc) is 2.83. The van der Waals surface area contributed by atoms with Gasteiger partial charge < -0.3 is 5.11 Å². The van der Waals surface area contributed by atoms with Crippen LogP contribution in [0.4, 0.5) is 0 Å². The maximum Gasteiger partial charge on any atom is 0.172 e. The van der Waals surface area contributed by atoms with Crippen LogP contribution in [0.5, 0.6) is 0 Å². The molecule has 0 saturated carbocycles. The summed E-state index contributed by atoms with van der Waals surface area (Å²) in [6.45, 7) is 2.36. The van der Waals surface area contributed by atoms with Gasteiger partial charge in [-0.05, 0) is 31.9 Å². The molecule has 1 rings (SSSR count). The molecule has 0 saturated heterocycles. The SMILES string of the molecule is Cc1ccc(C(=O)CCCCCCCCCCO)s1. The molecule has 0 aliphatic carbocycles. The fourth-order valence-corrected chi connectivity index (χ4v) is 3.00. The number of thiophene rings is 1. The van der Waals surface area contributed by atoms with E-state index in [0.29, 0.717) is 18.8 Å². The van der Waals surface area contributed by atoms with Gasteiger partial charge in [-0.2, -0.15) is 0 Å². The van der Waals surface area contributed by atoms with Crippen molar-refractivity contribution in [2.45, 2.75) is 64.7 Å². The first kappa shape index (κ1) is 16.4. The third kappa shape index (κ3) is 7.48. The second kappa shape index (κ2) is 10.2. The molecule has 0 radical (unpaired) electrons. The molecule has 1 aromatic rings. The maximum atomic E-state index is 11.9. The van der Waals surface area contributed by atoms with Gasteiger partial charge >= 0.3 is 0 Å². The van der Waals surface area contributed by atoms with Crippen LogP contribution >= 0.6 is 11.3 Å². The Kier molecular flexibility index (Phi) is 8.76. The van der Waals surface area contributed by atoms with Crippen LogP contribution in [0, 0.1) is 6.92 Å². The van der Waals surface area contributed by atoms with Crippen molar-refractivity contribution in [1.82, 2.24) is 0 Å². The number of hydrogen-bond acceptors (Lipinski definition) is 3. The lowest BCUT2D eigenvalue weighted by Gasteiger charge is -2.01. The lowest BCUT2D eigenvalue weighted by molar-refractivity contribution is 0.0983. The van der Waals surface area contributed by atoms with Gasteiger partial charge in [0.15, 0.2) is 5.78 Å². The predicted octanol–water partition coefficient (Wildman–Crippen LogP) is 4.74. The molecule has 2 nitrogen and oxygen atoms in total. The van der Waals surface area contributed by atoms with Gasteiger partial charge in [0.1, 0.15) is 0 Å². The van der Waals surface area contributed by atoms with Gasteiger partial charge in [0.05, 0.1) is 4.88 Å². The lowest BCUT2D eigenvalue weighted by atomic mass is 10.1. The summed E-state index contributed by atoms with van der Waals surface area (Å²) in [6, 6.07) is 3.97. The molecule has 0 fully saturated rings. The second-order valence-electron chi connectivity index (χ2n) is 5.14. The topological polar surface area (TPSA) is 37.3 Å². The van der Waals surface area contributed by atoms with Crippen LogP contribution in [0.3, 0.4) is 0 Å². The number of aliphatic hydroxyl groups excluding tert-OH is 1. The lowest BCUT2D eigenvalue weighted by Crippen LogP contribution is -1.95. The van der Waals surface area contributed by atoms with E-state index >= 15 is 0 Å². The van der Waals surface area contributed by atoms with Gasteiger partial charge in [0.2, 0.25) is 0 Å². The van der Waals surface area contributed by atoms with Crippen molar-refractivity contribution in [1.29, 1.82) is 0 Å². The molecule has 0 spiro atoms. The Bertz CT molecular complexity index is 357. The Morgan fingerprint density at radius 3 is 2.11 bits per heavy atom. The Morgan fingerprint density at radius 2 is 1.58 bits per heavy atom. The molecule has 0 bridgehead atoms. The smallest absolute Gasteiger partial charge is 0.172 e. The maximum absolute atomic E-state index is 11.9. The molecule has 1 N–H and O–H groups in total. The number of rotatable bonds is 11. The van der Waals surface area contributed by atoms with Crippen LogP contribution in [0.1, 0.15) is 72.3 Å². The van der Waals surface area contributed by atoms with Crippen molar-refractivity contribution < 1.29 is 9.90 Å². The molecule has 0 aliphatic rings. The van der Waals surface area contributed by atoms with E-state index in [1.807, 2.05) is 19.1 Å². The first-order chi connectivity index (χ1) is 9.24. The zero-order valence-corrected chi connectivity index (χ0v) is 12.8. The first-order valence-corrected chi connectivity index (χ1v) is 8.26. The van der Waals surface area contributed by atoms with Gasteiger partial charge in [-0.15, -0.1) is 11.3 Å². The Morgan fingerprint density at radius 1 is 1.00 bits per heavy atom. The van der Waals surface area contributed by atoms with Gasteiger partial charge in [-0.1, -0.05) is 38.5 Å². The van der Waals surface area contributed by atoms with Crippen molar-refractivity contribution in [3.63, 3.8) is 0 Å². The Hall–Kier alpha value is -0.670. The third-order valence-electron chi connectivity index (χ3n) is 3.33. The highest BCUT2D eigenvalue weighted by Gasteiger charge is 2.07. The van der Waals surface area contributed by atoms with Crippen LogP contribution in [-0.2, 0) is 0 Å². The highest BCUT2D eigenvalue weighted by atomic mass is 32.1. The highest BCUT2D eigenvalue weighted by Crippen LogP contribution is 2.18. The minimum Gasteiger partial charge on any atom is -0.396 e. The van der Waals surface area contributed by atoms with Crippen LogP contribution in [-0.4, -0.2) is 17.5 Å². The van der Waals surface area contributed by atoms with E-state index in [1.54, 1.807) is 11.3 Å². The molecule has 0 atom stereocenters. The van der Waals surface area contributed by atoms with Crippen molar-refractivity contribution in [2.75, 3.05) is 6.61 Å². The largest absolute Gasteiger partial charge is 0.396 e. The zero-order chi connectivity index (χ0) is 13.9. The number of ketones is 1. The van der Waals surface area contributed by atoms with Crippen LogP contribution in [0.2, 0.25) is 0 Å². The number of aliphatic hydroxyl groups is 1. The average molecular weight is 282 g/mol. The van der Waals surface area contributed by atoms with Crippen LogP contribution < -0.4 is 0 Å². The summed E-state index contributed by atoms with van der Waals surface area (Å²) in [4.78, 5) is 14.0. The first-order valence-electron chi connectivity index (χ1n) is 7.44. The molecule has 108 valence electrons. The molecule has 1 heterocycles. The highest BCUT2D eigenvalue weighted by molar-refractivity contribution is 7.14. The van der Waals surface area contributed by atoms with Gasteiger partial charge in [-0.3, -0.25) is 4.79 Å². The standard InChI is InChI=1S/C16H26O2S/c1-14-11-12-16(19-14)15(18)10-8-6-4-2-3-5-7-9-13-17/h11-12,17H,2-10,13H2,1H3. The fourth-order valence-electron chi connectivity index (χ4n) is 2.17. The van der Waals surface area contributed by atoms with Crippen LogP contribution in [0.25, 0.3) is 0 Å². The van der Waals surface area contributed by atoms with E-state index in [-0.39, 0.29) is 0 Å². The summed E-state index contributed by atoms with van der Waals surface area (Å²) in [5.41, 5.74) is 0. The number of aryl methyl sites for hydroxylation is 1. The summed E-state index contributed by atoms with van der Waals surface area (Å²) in [5.74, 6) is 0.307. The zero-order valence-electron chi connectivity index (χ0n) is 12.0. The Labute approximate surface area is 120 Å². The normalized spacial score (nSPS) is 10.8. The van der Waals surface area contributed by atoms with Crippen molar-refractivity contribution in [3.8, 4) is 0 Å². The fraction of sp³-hybridized carbons (Fsp3) is 0.688. The summed E-state index contributed by atoms with van der Waals surface area (Å²) < 4.78 is 0. The summed E-state index contributed by atoms with van der Waals surface area (Å²) >= 11 is 1.61. The quantitative estimate of drug-likeness (QED) is 0.470. The van der Waals surface area contributed by atoms with Crippen molar-refractivity contribution in [2.24, 2.45) is 0 Å².